The highest BCUT2D eigenvalue weighted by Gasteiger charge is 2.31. The number of aromatic nitrogens is 11. The van der Waals surface area contributed by atoms with Crippen LogP contribution in [0.15, 0.2) is 261 Å². The molecule has 594 valence electrons. The first kappa shape index (κ1) is 86.2. The highest BCUT2D eigenvalue weighted by molar-refractivity contribution is 9.10. The van der Waals surface area contributed by atoms with Gasteiger partial charge in [-0.1, -0.05) is 148 Å². The van der Waals surface area contributed by atoms with Crippen LogP contribution in [0, 0.1) is 23.3 Å². The number of phenols is 1. The standard InChI is InChI=1S/C20H12ClF2N3.C15H12ClN3O.C13H10ClN3.C8H6ClN.C8H9NO2.C7H4BrClN2.C7H5ClN2O.C7H4F2O.BHO/c21-12-9-25-20-17-11(8-24-20)19(18-13(22)5-3-6-14(18)23)26-15-7-2-1-4-10(15)16(12)17;1-9(20)19-13-5-3-2-4-10(13)14-11-6-7-17-15(11)18-8-12(14)16;14-10-7-17-13-9(5-6-16-13)12(10)8-3-1-2-4-11(8)15;9-7-1-2-8-6(5-7)3-4-10-8;1-6(10)9-7-4-2-3-5-8(7)11;8-6-4-1-2-10-7(4)11-3-5(6)9;8-6-3-5-1-2-9-7(5)10(11)4-6;8-6-2-1-3-7(9)5(6)4-10;1-2/h1-9,19,26H,(H,24,25);2-8H,1H3,(H,17,18)(H,19,20);1-7H,15H2,(H,16,17);1-5,10H;2-5,11H,1H3,(H,9,10);1-3H,(H,10,11);1-4,11H;1-4H;2H/p+1. The molecule has 12 heterocycles. The molecule has 33 heteroatoms. The van der Waals surface area contributed by atoms with E-state index in [1.54, 1.807) is 61.4 Å². The van der Waals surface area contributed by atoms with Gasteiger partial charge in [-0.2, -0.15) is 0 Å². The number of carbonyl (C=O) groups excluding carboxylic acids is 3. The Balaban J connectivity index is 0.000000135. The van der Waals surface area contributed by atoms with E-state index in [0.717, 1.165) is 126 Å². The van der Waals surface area contributed by atoms with E-state index in [1.807, 2.05) is 146 Å². The maximum Gasteiger partial charge on any atom is 0.325 e. The molecule has 21 nitrogen and oxygen atoms in total. The number of benzene rings is 7. The van der Waals surface area contributed by atoms with Crippen LogP contribution < -0.4 is 26.4 Å². The van der Waals surface area contributed by atoms with Crippen LogP contribution >= 0.6 is 85.5 Å². The summed E-state index contributed by atoms with van der Waals surface area (Å²) in [4.78, 5) is 66.9. The number of hydrogen-bond donors (Lipinski definition) is 13. The van der Waals surface area contributed by atoms with Gasteiger partial charge in [0.2, 0.25) is 11.8 Å². The SMILES string of the molecule is CC(=O)Nc1ccccc1-c1c(Cl)cnc2[nH]ccc12.CC(=O)Nc1ccccc1O.Clc1ccc2[nH]ccc2c1.Clc1cnc2[nH]ccc2c1Br.Fc1cccc(F)c1C1Nc2ccccc2-c2c(Cl)cnc3[nH]cc1c23.Nc1ccccc1-c1c(Cl)cnc2[nH]ccc12.O=Cc1c(F)cccc1F.O[n+]1cc(Cl)cc2cc[nH]c21.[B]O. The molecule has 0 saturated heterocycles. The maximum absolute atomic E-state index is 14.6. The largest absolute Gasteiger partial charge is 0.506 e. The topological polar surface area (TPSA) is 324 Å². The van der Waals surface area contributed by atoms with E-state index in [1.165, 1.54) is 50.4 Å². The van der Waals surface area contributed by atoms with Crippen molar-refractivity contribution in [2.75, 3.05) is 21.7 Å². The molecule has 1 unspecified atom stereocenters. The molecule has 2 amide bonds. The third kappa shape index (κ3) is 20.6. The van der Waals surface area contributed by atoms with E-state index in [0.29, 0.717) is 53.3 Å². The average molecular weight is 1770 g/mol. The molecule has 2 radical (unpaired) electrons. The lowest BCUT2D eigenvalue weighted by molar-refractivity contribution is -0.885. The van der Waals surface area contributed by atoms with Crippen molar-refractivity contribution >= 4 is 201 Å². The van der Waals surface area contributed by atoms with Crippen LogP contribution in [0.4, 0.5) is 40.3 Å². The Morgan fingerprint density at radius 1 is 0.517 bits per heavy atom. The number of nitrogens with one attached hydrogen (secondary N) is 9. The average Bonchev–Trinajstić information content (AvgIpc) is 1.58. The molecule has 1 aliphatic rings. The zero-order valence-corrected chi connectivity index (χ0v) is 67.6. The number of fused-ring (bicyclic) bond motifs is 7. The van der Waals surface area contributed by atoms with Crippen molar-refractivity contribution in [2.24, 2.45) is 0 Å². The lowest BCUT2D eigenvalue weighted by Crippen LogP contribution is -2.30. The molecule has 1 atom stereocenters. The summed E-state index contributed by atoms with van der Waals surface area (Å²) in [6, 6.07) is 53.1. The number of amides is 2. The number of para-hydroxylation sites is 5. The summed E-state index contributed by atoms with van der Waals surface area (Å²) in [6.07, 6.45) is 18.9. The number of nitrogens with zero attached hydrogens (tertiary/aromatic N) is 5. The van der Waals surface area contributed by atoms with Crippen molar-refractivity contribution in [1.82, 2.24) is 49.8 Å². The van der Waals surface area contributed by atoms with Gasteiger partial charge in [-0.05, 0) is 130 Å². The number of nitrogen functional groups attached to an aromatic ring is 1. The number of hydrogen-bond acceptors (Lipinski definition) is 12. The number of halogens is 11. The van der Waals surface area contributed by atoms with Crippen LogP contribution in [0.2, 0.25) is 30.1 Å². The number of carbonyl (C=O) groups is 3. The van der Waals surface area contributed by atoms with Gasteiger partial charge in [0.25, 0.3) is 8.05 Å². The fraction of sp³-hybridized carbons (Fsp3) is 0.0353. The van der Waals surface area contributed by atoms with Gasteiger partial charge in [0.05, 0.1) is 59.6 Å². The smallest absolute Gasteiger partial charge is 0.325 e. The van der Waals surface area contributed by atoms with Gasteiger partial charge in [0.15, 0.2) is 12.5 Å². The molecule has 14 N–H and O–H groups in total. The molecule has 18 aromatic rings. The first-order valence-electron chi connectivity index (χ1n) is 34.9. The second-order valence-corrected chi connectivity index (χ2v) is 28.4. The summed E-state index contributed by atoms with van der Waals surface area (Å²) in [5.41, 5.74) is 18.9. The maximum atomic E-state index is 14.6. The number of phenolic OH excluding ortho intramolecular Hbond substituents is 1. The first-order valence-corrected chi connectivity index (χ1v) is 38.0. The van der Waals surface area contributed by atoms with Crippen LogP contribution in [-0.2, 0) is 9.59 Å². The highest BCUT2D eigenvalue weighted by Crippen LogP contribution is 2.47. The monoisotopic (exact) mass is 1770 g/mol. The molecule has 19 rings (SSSR count). The van der Waals surface area contributed by atoms with Crippen LogP contribution in [0.1, 0.15) is 41.4 Å². The van der Waals surface area contributed by atoms with E-state index in [2.05, 4.69) is 89.8 Å². The molecular weight excluding hydrogens is 1710 g/mol. The van der Waals surface area contributed by atoms with Gasteiger partial charge in [-0.3, -0.25) is 14.4 Å². The van der Waals surface area contributed by atoms with Gasteiger partial charge < -0.3 is 61.9 Å². The van der Waals surface area contributed by atoms with Crippen molar-refractivity contribution in [1.29, 1.82) is 0 Å². The van der Waals surface area contributed by atoms with Crippen LogP contribution in [0.25, 0.3) is 99.5 Å². The molecule has 11 aromatic heterocycles. The van der Waals surface area contributed by atoms with Crippen LogP contribution in [-0.4, -0.2) is 91.3 Å². The second kappa shape index (κ2) is 40.2. The molecule has 0 spiro atoms. The number of aromatic hydroxyl groups is 1. The summed E-state index contributed by atoms with van der Waals surface area (Å²) in [7, 11) is 3.50. The molecule has 0 fully saturated rings. The number of rotatable bonds is 6. The lowest BCUT2D eigenvalue weighted by atomic mass is 9.96. The summed E-state index contributed by atoms with van der Waals surface area (Å²) >= 11 is 39.7. The predicted octanol–water partition coefficient (Wildman–Crippen LogP) is 22.3. The fourth-order valence-corrected chi connectivity index (χ4v) is 14.0. The number of H-pyrrole nitrogens is 6. The highest BCUT2D eigenvalue weighted by atomic mass is 79.9. The van der Waals surface area contributed by atoms with Gasteiger partial charge >= 0.3 is 5.65 Å². The van der Waals surface area contributed by atoms with E-state index >= 15 is 0 Å². The molecule has 1 aliphatic heterocycles. The Morgan fingerprint density at radius 2 is 1.00 bits per heavy atom. The Morgan fingerprint density at radius 3 is 1.60 bits per heavy atom. The van der Waals surface area contributed by atoms with Crippen molar-refractivity contribution < 1.29 is 52.0 Å². The predicted molar refractivity (Wildman–Crippen MR) is 465 cm³/mol. The zero-order chi connectivity index (χ0) is 84.3. The Kier molecular flexibility index (Phi) is 29.4. The summed E-state index contributed by atoms with van der Waals surface area (Å²) in [6.45, 7) is 2.88. The third-order valence-electron chi connectivity index (χ3n) is 17.4. The van der Waals surface area contributed by atoms with Gasteiger partial charge in [0.1, 0.15) is 51.6 Å². The minimum absolute atomic E-state index is 0.0315. The fourth-order valence-electron chi connectivity index (χ4n) is 12.3. The Hall–Kier alpha value is -12.7. The third-order valence-corrected chi connectivity index (χ3v) is 20.1. The minimum Gasteiger partial charge on any atom is -0.506 e. The zero-order valence-electron chi connectivity index (χ0n) is 61.5. The number of nitrogens with two attached hydrogens (primary N) is 1. The van der Waals surface area contributed by atoms with E-state index in [-0.39, 0.29) is 29.4 Å². The molecule has 118 heavy (non-hydrogen) atoms. The van der Waals surface area contributed by atoms with Crippen molar-refractivity contribution in [3.63, 3.8) is 0 Å². The summed E-state index contributed by atoms with van der Waals surface area (Å²) in [5, 5.41) is 42.8. The Labute approximate surface area is 708 Å². The molecule has 0 aliphatic carbocycles. The van der Waals surface area contributed by atoms with E-state index in [4.69, 9.17) is 85.5 Å². The van der Waals surface area contributed by atoms with Crippen molar-refractivity contribution in [3.8, 4) is 39.1 Å². The Bertz CT molecular complexity index is 6570. The lowest BCUT2D eigenvalue weighted by Gasteiger charge is -2.20. The number of anilines is 4. The van der Waals surface area contributed by atoms with Gasteiger partial charge in [-0.25, -0.2) is 42.5 Å². The van der Waals surface area contributed by atoms with Crippen LogP contribution in [0.3, 0.4) is 0 Å². The van der Waals surface area contributed by atoms with Crippen molar-refractivity contribution in [3.05, 3.63) is 331 Å². The van der Waals surface area contributed by atoms with Gasteiger partial charge in [0, 0.05) is 168 Å². The molecule has 7 aromatic carbocycles. The number of pyridine rings is 5. The van der Waals surface area contributed by atoms with Crippen LogP contribution in [0.5, 0.6) is 5.75 Å². The first-order chi connectivity index (χ1) is 57.0. The van der Waals surface area contributed by atoms with Crippen molar-refractivity contribution in [2.45, 2.75) is 19.9 Å². The number of aromatic amines is 6. The normalized spacial score (nSPS) is 11.4. The second-order valence-electron chi connectivity index (χ2n) is 25.1. The van der Waals surface area contributed by atoms with E-state index < -0.39 is 34.9 Å². The quantitative estimate of drug-likeness (QED) is 0.0141. The molecular formula is C85H64BBrCl6F4N15O6+. The summed E-state index contributed by atoms with van der Waals surface area (Å²) in [5.74, 6) is -3.08. The van der Waals surface area contributed by atoms with Gasteiger partial charge in [-0.15, -0.1) is 0 Å². The summed E-state index contributed by atoms with van der Waals surface area (Å²) < 4.78 is 55.7. The molecule has 0 bridgehead atoms. The molecule has 0 saturated carbocycles. The van der Waals surface area contributed by atoms with E-state index in [9.17, 15) is 37.2 Å². The minimum atomic E-state index is -0.824. The number of aldehydes is 1.